The van der Waals surface area contributed by atoms with Crippen molar-refractivity contribution in [3.63, 3.8) is 0 Å². The first-order valence-electron chi connectivity index (χ1n) is 8.39. The van der Waals surface area contributed by atoms with Gasteiger partial charge in [0.1, 0.15) is 11.7 Å². The number of aromatic amines is 1. The molecule has 6 nitrogen and oxygen atoms in total. The number of hydrogen-bond donors (Lipinski definition) is 2. The summed E-state index contributed by atoms with van der Waals surface area (Å²) in [5, 5.41) is 9.72. The summed E-state index contributed by atoms with van der Waals surface area (Å²) in [6.45, 7) is 1.17. The summed E-state index contributed by atoms with van der Waals surface area (Å²) in [5.74, 6) is 0.208. The first-order valence-corrected chi connectivity index (χ1v) is 8.39. The Morgan fingerprint density at radius 3 is 2.79 bits per heavy atom. The van der Waals surface area contributed by atoms with Crippen molar-refractivity contribution in [2.75, 3.05) is 11.9 Å². The van der Waals surface area contributed by atoms with Gasteiger partial charge >= 0.3 is 0 Å². The number of aromatic nitrogens is 2. The Labute approximate surface area is 140 Å². The van der Waals surface area contributed by atoms with Crippen LogP contribution in [0.15, 0.2) is 36.5 Å². The molecule has 124 valence electrons. The predicted octanol–water partition coefficient (Wildman–Crippen LogP) is 2.27. The normalized spacial score (nSPS) is 20.4. The molecular weight excluding hydrogens is 304 g/mol. The van der Waals surface area contributed by atoms with E-state index in [1.807, 2.05) is 30.3 Å². The molecule has 2 fully saturated rings. The Bertz CT molecular complexity index is 751. The minimum atomic E-state index is -0.607. The number of nitrogens with one attached hydrogen (secondary N) is 2. The molecule has 2 heterocycles. The zero-order valence-corrected chi connectivity index (χ0v) is 13.4. The van der Waals surface area contributed by atoms with Gasteiger partial charge in [0.25, 0.3) is 0 Å². The SMILES string of the molecule is O=C(Nc1[nH]ncc1C1CC1)C1CCN(Cc2ccccc2)C1=O. The van der Waals surface area contributed by atoms with Crippen LogP contribution >= 0.6 is 0 Å². The molecule has 1 saturated heterocycles. The lowest BCUT2D eigenvalue weighted by molar-refractivity contribution is -0.136. The van der Waals surface area contributed by atoms with Crippen LogP contribution in [0.2, 0.25) is 0 Å². The van der Waals surface area contributed by atoms with Crippen LogP contribution in [0.1, 0.15) is 36.3 Å². The van der Waals surface area contributed by atoms with Gasteiger partial charge in [-0.1, -0.05) is 30.3 Å². The van der Waals surface area contributed by atoms with Crippen molar-refractivity contribution < 1.29 is 9.59 Å². The van der Waals surface area contributed by atoms with Gasteiger partial charge in [-0.15, -0.1) is 0 Å². The molecule has 2 aromatic rings. The average Bonchev–Trinajstić information content (AvgIpc) is 3.23. The summed E-state index contributed by atoms with van der Waals surface area (Å²) in [6.07, 6.45) is 4.60. The summed E-state index contributed by atoms with van der Waals surface area (Å²) in [6, 6.07) is 9.85. The fourth-order valence-corrected chi connectivity index (χ4v) is 3.25. The average molecular weight is 324 g/mol. The number of likely N-dealkylation sites (tertiary alicyclic amines) is 1. The number of rotatable bonds is 5. The van der Waals surface area contributed by atoms with E-state index in [1.165, 1.54) is 0 Å². The molecule has 0 bridgehead atoms. The molecule has 1 saturated carbocycles. The molecule has 2 aliphatic rings. The van der Waals surface area contributed by atoms with E-state index in [4.69, 9.17) is 0 Å². The molecule has 0 spiro atoms. The molecule has 1 unspecified atom stereocenters. The van der Waals surface area contributed by atoms with Gasteiger partial charge < -0.3 is 10.2 Å². The fraction of sp³-hybridized carbons (Fsp3) is 0.389. The van der Waals surface area contributed by atoms with E-state index < -0.39 is 5.92 Å². The summed E-state index contributed by atoms with van der Waals surface area (Å²) in [5.41, 5.74) is 2.13. The highest BCUT2D eigenvalue weighted by molar-refractivity contribution is 6.07. The standard InChI is InChI=1S/C18H20N4O2/c23-17(20-16-15(10-19-21-16)13-6-7-13)14-8-9-22(18(14)24)11-12-4-2-1-3-5-12/h1-5,10,13-14H,6-9,11H2,(H2,19,20,21,23). The molecule has 24 heavy (non-hydrogen) atoms. The number of H-pyrrole nitrogens is 1. The van der Waals surface area contributed by atoms with E-state index in [-0.39, 0.29) is 11.8 Å². The second-order valence-corrected chi connectivity index (χ2v) is 6.55. The zero-order chi connectivity index (χ0) is 16.5. The van der Waals surface area contributed by atoms with Gasteiger partial charge in [0.15, 0.2) is 0 Å². The minimum absolute atomic E-state index is 0.0937. The van der Waals surface area contributed by atoms with Crippen LogP contribution in [-0.4, -0.2) is 33.5 Å². The van der Waals surface area contributed by atoms with Crippen molar-refractivity contribution in [3.8, 4) is 0 Å². The zero-order valence-electron chi connectivity index (χ0n) is 13.4. The molecule has 6 heteroatoms. The molecule has 2 amide bonds. The lowest BCUT2D eigenvalue weighted by atomic mass is 10.1. The number of carbonyl (C=O) groups excluding carboxylic acids is 2. The summed E-state index contributed by atoms with van der Waals surface area (Å²) < 4.78 is 0. The summed E-state index contributed by atoms with van der Waals surface area (Å²) >= 11 is 0. The van der Waals surface area contributed by atoms with Crippen molar-refractivity contribution in [1.29, 1.82) is 0 Å². The number of benzene rings is 1. The van der Waals surface area contributed by atoms with E-state index in [0.717, 1.165) is 24.0 Å². The second kappa shape index (κ2) is 6.11. The molecule has 0 radical (unpaired) electrons. The third kappa shape index (κ3) is 2.91. The van der Waals surface area contributed by atoms with Crippen LogP contribution in [0.5, 0.6) is 0 Å². The quantitative estimate of drug-likeness (QED) is 0.828. The second-order valence-electron chi connectivity index (χ2n) is 6.55. The van der Waals surface area contributed by atoms with Crippen molar-refractivity contribution in [1.82, 2.24) is 15.1 Å². The van der Waals surface area contributed by atoms with E-state index in [1.54, 1.807) is 11.1 Å². The number of anilines is 1. The Kier molecular flexibility index (Phi) is 3.80. The first kappa shape index (κ1) is 14.9. The molecular formula is C18H20N4O2. The largest absolute Gasteiger partial charge is 0.338 e. The van der Waals surface area contributed by atoms with Gasteiger partial charge in [-0.05, 0) is 30.7 Å². The van der Waals surface area contributed by atoms with Crippen molar-refractivity contribution in [2.45, 2.75) is 31.7 Å². The van der Waals surface area contributed by atoms with Gasteiger partial charge in [-0.25, -0.2) is 0 Å². The van der Waals surface area contributed by atoms with Crippen molar-refractivity contribution in [2.24, 2.45) is 5.92 Å². The smallest absolute Gasteiger partial charge is 0.238 e. The maximum Gasteiger partial charge on any atom is 0.238 e. The van der Waals surface area contributed by atoms with Gasteiger partial charge in [0.2, 0.25) is 11.8 Å². The highest BCUT2D eigenvalue weighted by Crippen LogP contribution is 2.42. The van der Waals surface area contributed by atoms with E-state index in [0.29, 0.717) is 31.2 Å². The maximum atomic E-state index is 12.6. The number of hydrogen-bond acceptors (Lipinski definition) is 3. The third-order valence-electron chi connectivity index (χ3n) is 4.76. The molecule has 1 aliphatic carbocycles. The third-order valence-corrected chi connectivity index (χ3v) is 4.76. The van der Waals surface area contributed by atoms with Crippen LogP contribution < -0.4 is 5.32 Å². The lowest BCUT2D eigenvalue weighted by Crippen LogP contribution is -2.33. The fourth-order valence-electron chi connectivity index (χ4n) is 3.25. The predicted molar refractivity (Wildman–Crippen MR) is 89.2 cm³/mol. The van der Waals surface area contributed by atoms with Crippen LogP contribution in [0.4, 0.5) is 5.82 Å². The number of amides is 2. The van der Waals surface area contributed by atoms with Crippen LogP contribution in [0, 0.1) is 5.92 Å². The van der Waals surface area contributed by atoms with Crippen LogP contribution in [0.3, 0.4) is 0 Å². The molecule has 1 atom stereocenters. The summed E-state index contributed by atoms with van der Waals surface area (Å²) in [4.78, 5) is 26.8. The van der Waals surface area contributed by atoms with Gasteiger partial charge in [-0.3, -0.25) is 14.7 Å². The Morgan fingerprint density at radius 2 is 2.04 bits per heavy atom. The molecule has 1 aromatic carbocycles. The number of nitrogens with zero attached hydrogens (tertiary/aromatic N) is 2. The van der Waals surface area contributed by atoms with Crippen molar-refractivity contribution in [3.05, 3.63) is 47.7 Å². The highest BCUT2D eigenvalue weighted by Gasteiger charge is 2.37. The molecule has 2 N–H and O–H groups in total. The molecule has 4 rings (SSSR count). The topological polar surface area (TPSA) is 78.1 Å². The minimum Gasteiger partial charge on any atom is -0.338 e. The van der Waals surface area contributed by atoms with E-state index in [2.05, 4.69) is 15.5 Å². The maximum absolute atomic E-state index is 12.6. The van der Waals surface area contributed by atoms with E-state index in [9.17, 15) is 9.59 Å². The van der Waals surface area contributed by atoms with Gasteiger partial charge in [0.05, 0.1) is 6.20 Å². The number of carbonyl (C=O) groups is 2. The lowest BCUT2D eigenvalue weighted by Gasteiger charge is -2.16. The Balaban J connectivity index is 1.40. The van der Waals surface area contributed by atoms with E-state index >= 15 is 0 Å². The first-order chi connectivity index (χ1) is 11.7. The molecule has 1 aromatic heterocycles. The van der Waals surface area contributed by atoms with Crippen LogP contribution in [-0.2, 0) is 16.1 Å². The summed E-state index contributed by atoms with van der Waals surface area (Å²) in [7, 11) is 0. The highest BCUT2D eigenvalue weighted by atomic mass is 16.2. The van der Waals surface area contributed by atoms with Crippen molar-refractivity contribution >= 4 is 17.6 Å². The molecule has 1 aliphatic heterocycles. The monoisotopic (exact) mass is 324 g/mol. The Hall–Kier alpha value is -2.63. The van der Waals surface area contributed by atoms with Gasteiger partial charge in [-0.2, -0.15) is 5.10 Å². The van der Waals surface area contributed by atoms with Crippen LogP contribution in [0.25, 0.3) is 0 Å². The Morgan fingerprint density at radius 1 is 1.25 bits per heavy atom. The van der Waals surface area contributed by atoms with Gasteiger partial charge in [0, 0.05) is 18.7 Å².